The van der Waals surface area contributed by atoms with E-state index in [0.29, 0.717) is 0 Å². The maximum Gasteiger partial charge on any atom is 0.319 e. The molecule has 116 valence electrons. The van der Waals surface area contributed by atoms with Gasteiger partial charge in [0.05, 0.1) is 21.7 Å². The van der Waals surface area contributed by atoms with E-state index in [1.807, 2.05) is 13.8 Å². The molecule has 1 rings (SSSR count). The number of rotatable bonds is 6. The van der Waals surface area contributed by atoms with E-state index < -0.39 is 17.1 Å². The van der Waals surface area contributed by atoms with Crippen LogP contribution in [0.4, 0.5) is 16.2 Å². The molecule has 0 bridgehead atoms. The third-order valence-electron chi connectivity index (χ3n) is 3.18. The highest BCUT2D eigenvalue weighted by Gasteiger charge is 2.15. The lowest BCUT2D eigenvalue weighted by molar-refractivity contribution is -0.384. The number of aliphatic hydroxyl groups excluding tert-OH is 1. The van der Waals surface area contributed by atoms with Crippen LogP contribution < -0.4 is 10.6 Å². The number of hydrogen-bond donors (Lipinski definition) is 3. The second-order valence-corrected chi connectivity index (χ2v) is 5.12. The van der Waals surface area contributed by atoms with Crippen LogP contribution in [0.5, 0.6) is 0 Å². The third kappa shape index (κ3) is 5.20. The maximum atomic E-state index is 11.7. The van der Waals surface area contributed by atoms with E-state index >= 15 is 0 Å². The van der Waals surface area contributed by atoms with Gasteiger partial charge < -0.3 is 15.7 Å². The summed E-state index contributed by atoms with van der Waals surface area (Å²) in [5.41, 5.74) is 0.107. The Morgan fingerprint density at radius 3 is 2.71 bits per heavy atom. The summed E-state index contributed by atoms with van der Waals surface area (Å²) in [4.78, 5) is 21.7. The molecule has 2 atom stereocenters. The zero-order chi connectivity index (χ0) is 16.0. The highest BCUT2D eigenvalue weighted by Crippen LogP contribution is 2.26. The standard InChI is InChI=1S/C13H18ClN3O4/c1-3-8(2)12(18)7-15-13(19)16-11-5-4-9(17(20)21)6-10(11)14/h4-6,8,12,18H,3,7H2,1-2H3,(H2,15,16,19). The number of nitrogens with one attached hydrogen (secondary N) is 2. The fourth-order valence-corrected chi connectivity index (χ4v) is 1.78. The first-order valence-electron chi connectivity index (χ1n) is 6.52. The van der Waals surface area contributed by atoms with Crippen molar-refractivity contribution >= 4 is 29.0 Å². The van der Waals surface area contributed by atoms with Crippen molar-refractivity contribution in [1.29, 1.82) is 0 Å². The van der Waals surface area contributed by atoms with Gasteiger partial charge in [-0.05, 0) is 12.0 Å². The van der Waals surface area contributed by atoms with Gasteiger partial charge in [0, 0.05) is 18.7 Å². The van der Waals surface area contributed by atoms with Gasteiger partial charge in [-0.1, -0.05) is 31.9 Å². The largest absolute Gasteiger partial charge is 0.391 e. The molecule has 0 aliphatic heterocycles. The number of benzene rings is 1. The van der Waals surface area contributed by atoms with E-state index in [0.717, 1.165) is 12.5 Å². The Morgan fingerprint density at radius 2 is 2.19 bits per heavy atom. The van der Waals surface area contributed by atoms with Gasteiger partial charge in [-0.2, -0.15) is 0 Å². The van der Waals surface area contributed by atoms with Crippen molar-refractivity contribution in [3.05, 3.63) is 33.3 Å². The number of non-ortho nitro benzene ring substituents is 1. The number of carbonyl (C=O) groups is 1. The molecule has 7 nitrogen and oxygen atoms in total. The van der Waals surface area contributed by atoms with E-state index in [1.165, 1.54) is 12.1 Å². The zero-order valence-corrected chi connectivity index (χ0v) is 12.6. The molecular weight excluding hydrogens is 298 g/mol. The lowest BCUT2D eigenvalue weighted by Crippen LogP contribution is -2.37. The first kappa shape index (κ1) is 17.2. The smallest absolute Gasteiger partial charge is 0.319 e. The summed E-state index contributed by atoms with van der Waals surface area (Å²) >= 11 is 5.86. The van der Waals surface area contributed by atoms with Gasteiger partial charge in [-0.3, -0.25) is 10.1 Å². The fraction of sp³-hybridized carbons (Fsp3) is 0.462. The van der Waals surface area contributed by atoms with Crippen LogP contribution in [0, 0.1) is 16.0 Å². The van der Waals surface area contributed by atoms with Crippen molar-refractivity contribution in [2.45, 2.75) is 26.4 Å². The Kier molecular flexibility index (Phi) is 6.39. The Labute approximate surface area is 127 Å². The summed E-state index contributed by atoms with van der Waals surface area (Å²) in [6.07, 6.45) is 0.173. The molecule has 1 aromatic rings. The molecule has 0 heterocycles. The number of halogens is 1. The molecule has 3 N–H and O–H groups in total. The molecule has 8 heteroatoms. The highest BCUT2D eigenvalue weighted by molar-refractivity contribution is 6.33. The molecule has 0 aromatic heterocycles. The summed E-state index contributed by atoms with van der Waals surface area (Å²) < 4.78 is 0. The van der Waals surface area contributed by atoms with Gasteiger partial charge in [0.2, 0.25) is 0 Å². The number of amides is 2. The lowest BCUT2D eigenvalue weighted by Gasteiger charge is -2.17. The van der Waals surface area contributed by atoms with Gasteiger partial charge in [0.25, 0.3) is 5.69 Å². The summed E-state index contributed by atoms with van der Waals surface area (Å²) in [6.45, 7) is 3.95. The Balaban J connectivity index is 2.57. The molecule has 0 saturated carbocycles. The zero-order valence-electron chi connectivity index (χ0n) is 11.8. The average Bonchev–Trinajstić information content (AvgIpc) is 2.45. The van der Waals surface area contributed by atoms with Crippen molar-refractivity contribution < 1.29 is 14.8 Å². The van der Waals surface area contributed by atoms with Crippen molar-refractivity contribution in [3.8, 4) is 0 Å². The number of nitrogens with zero attached hydrogens (tertiary/aromatic N) is 1. The van der Waals surface area contributed by atoms with Gasteiger partial charge in [-0.25, -0.2) is 4.79 Å². The predicted octanol–water partition coefficient (Wildman–Crippen LogP) is 2.78. The first-order chi connectivity index (χ1) is 9.85. The monoisotopic (exact) mass is 315 g/mol. The number of nitro groups is 1. The molecule has 0 fully saturated rings. The summed E-state index contributed by atoms with van der Waals surface area (Å²) in [7, 11) is 0. The predicted molar refractivity (Wildman–Crippen MR) is 80.6 cm³/mol. The van der Waals surface area contributed by atoms with E-state index in [9.17, 15) is 20.0 Å². The lowest BCUT2D eigenvalue weighted by atomic mass is 10.0. The Bertz CT molecular complexity index is 524. The summed E-state index contributed by atoms with van der Waals surface area (Å²) in [6, 6.07) is 3.22. The topological polar surface area (TPSA) is 104 Å². The fourth-order valence-electron chi connectivity index (χ4n) is 1.56. The molecule has 2 amide bonds. The highest BCUT2D eigenvalue weighted by atomic mass is 35.5. The van der Waals surface area contributed by atoms with Crippen LogP contribution >= 0.6 is 11.6 Å². The molecule has 0 radical (unpaired) electrons. The van der Waals surface area contributed by atoms with Crippen LogP contribution in [0.25, 0.3) is 0 Å². The van der Waals surface area contributed by atoms with Gasteiger partial charge >= 0.3 is 6.03 Å². The van der Waals surface area contributed by atoms with Crippen molar-refractivity contribution in [2.24, 2.45) is 5.92 Å². The number of anilines is 1. The minimum absolute atomic E-state index is 0.0711. The number of aliphatic hydroxyl groups is 1. The van der Waals surface area contributed by atoms with E-state index in [4.69, 9.17) is 11.6 Å². The van der Waals surface area contributed by atoms with Gasteiger partial charge in [0.1, 0.15) is 0 Å². The van der Waals surface area contributed by atoms with Crippen LogP contribution in [0.2, 0.25) is 5.02 Å². The van der Waals surface area contributed by atoms with Crippen molar-refractivity contribution in [3.63, 3.8) is 0 Å². The number of hydrogen-bond acceptors (Lipinski definition) is 4. The van der Waals surface area contributed by atoms with Gasteiger partial charge in [0.15, 0.2) is 0 Å². The normalized spacial score (nSPS) is 13.3. The quantitative estimate of drug-likeness (QED) is 0.554. The minimum Gasteiger partial charge on any atom is -0.391 e. The molecule has 0 saturated heterocycles. The van der Waals surface area contributed by atoms with Crippen LogP contribution in [-0.4, -0.2) is 28.7 Å². The first-order valence-corrected chi connectivity index (χ1v) is 6.89. The number of nitro benzene ring substituents is 1. The van der Waals surface area contributed by atoms with E-state index in [-0.39, 0.29) is 28.9 Å². The van der Waals surface area contributed by atoms with Crippen LogP contribution in [-0.2, 0) is 0 Å². The van der Waals surface area contributed by atoms with Crippen LogP contribution in [0.3, 0.4) is 0 Å². The Hall–Kier alpha value is -1.86. The molecule has 0 aliphatic carbocycles. The van der Waals surface area contributed by atoms with E-state index in [2.05, 4.69) is 10.6 Å². The Morgan fingerprint density at radius 1 is 1.52 bits per heavy atom. The van der Waals surface area contributed by atoms with Crippen molar-refractivity contribution in [1.82, 2.24) is 5.32 Å². The second kappa shape index (κ2) is 7.80. The SMILES string of the molecule is CCC(C)C(O)CNC(=O)Nc1ccc([N+](=O)[O-])cc1Cl. The maximum absolute atomic E-state index is 11.7. The second-order valence-electron chi connectivity index (χ2n) is 4.71. The molecule has 0 spiro atoms. The summed E-state index contributed by atoms with van der Waals surface area (Å²) in [5, 5.41) is 25.4. The molecular formula is C13H18ClN3O4. The van der Waals surface area contributed by atoms with Gasteiger partial charge in [-0.15, -0.1) is 0 Å². The van der Waals surface area contributed by atoms with E-state index in [1.54, 1.807) is 0 Å². The third-order valence-corrected chi connectivity index (χ3v) is 3.50. The molecule has 21 heavy (non-hydrogen) atoms. The molecule has 2 unspecified atom stereocenters. The molecule has 0 aliphatic rings. The van der Waals surface area contributed by atoms with Crippen LogP contribution in [0.15, 0.2) is 18.2 Å². The summed E-state index contributed by atoms with van der Waals surface area (Å²) in [5.74, 6) is 0.0771. The molecule has 1 aromatic carbocycles. The number of carbonyl (C=O) groups excluding carboxylic acids is 1. The van der Waals surface area contributed by atoms with Crippen molar-refractivity contribution in [2.75, 3.05) is 11.9 Å². The average molecular weight is 316 g/mol. The minimum atomic E-state index is -0.631. The van der Waals surface area contributed by atoms with Crippen LogP contribution in [0.1, 0.15) is 20.3 Å². The number of urea groups is 1.